The zero-order valence-corrected chi connectivity index (χ0v) is 14.0. The van der Waals surface area contributed by atoms with Crippen molar-refractivity contribution in [3.63, 3.8) is 0 Å². The summed E-state index contributed by atoms with van der Waals surface area (Å²) >= 11 is 11.8. The van der Waals surface area contributed by atoms with Crippen molar-refractivity contribution in [3.05, 3.63) is 40.9 Å². The van der Waals surface area contributed by atoms with Gasteiger partial charge in [-0.2, -0.15) is 4.31 Å². The fourth-order valence-electron chi connectivity index (χ4n) is 2.34. The number of sulfonamides is 1. The molecule has 4 nitrogen and oxygen atoms in total. The molecule has 7 heteroatoms. The SMILES string of the molecule is C=CCN1CCCN(S(=O)(=O)c2ccc(Cl)c(Cl)c2)CC1. The highest BCUT2D eigenvalue weighted by molar-refractivity contribution is 7.89. The molecule has 0 unspecified atom stereocenters. The molecule has 1 aliphatic heterocycles. The molecule has 116 valence electrons. The molecule has 1 aromatic carbocycles. The van der Waals surface area contributed by atoms with E-state index in [1.807, 2.05) is 6.08 Å². The molecule has 21 heavy (non-hydrogen) atoms. The predicted molar refractivity (Wildman–Crippen MR) is 86.5 cm³/mol. The lowest BCUT2D eigenvalue weighted by molar-refractivity contribution is 0.316. The van der Waals surface area contributed by atoms with Crippen LogP contribution in [0, 0.1) is 0 Å². The van der Waals surface area contributed by atoms with E-state index in [1.165, 1.54) is 22.5 Å². The van der Waals surface area contributed by atoms with E-state index in [1.54, 1.807) is 0 Å². The molecule has 1 saturated heterocycles. The highest BCUT2D eigenvalue weighted by atomic mass is 35.5. The van der Waals surface area contributed by atoms with Crippen molar-refractivity contribution in [2.45, 2.75) is 11.3 Å². The Labute approximate surface area is 136 Å². The second-order valence-corrected chi connectivity index (χ2v) is 7.68. The molecular weight excluding hydrogens is 331 g/mol. The lowest BCUT2D eigenvalue weighted by Gasteiger charge is -2.21. The normalized spacial score (nSPS) is 18.4. The van der Waals surface area contributed by atoms with Gasteiger partial charge in [0.25, 0.3) is 0 Å². The molecule has 0 bridgehead atoms. The van der Waals surface area contributed by atoms with Crippen LogP contribution in [-0.2, 0) is 10.0 Å². The molecule has 0 aromatic heterocycles. The van der Waals surface area contributed by atoms with Gasteiger partial charge in [0.2, 0.25) is 10.0 Å². The van der Waals surface area contributed by atoms with Gasteiger partial charge in [0.15, 0.2) is 0 Å². The summed E-state index contributed by atoms with van der Waals surface area (Å²) in [6, 6.07) is 4.42. The van der Waals surface area contributed by atoms with Gasteiger partial charge in [-0.25, -0.2) is 8.42 Å². The monoisotopic (exact) mass is 348 g/mol. The molecule has 1 fully saturated rings. The Morgan fingerprint density at radius 3 is 2.57 bits per heavy atom. The van der Waals surface area contributed by atoms with Crippen molar-refractivity contribution in [2.75, 3.05) is 32.7 Å². The molecule has 0 atom stereocenters. The van der Waals surface area contributed by atoms with E-state index in [4.69, 9.17) is 23.2 Å². The Hall–Kier alpha value is -0.590. The maximum Gasteiger partial charge on any atom is 0.243 e. The first-order chi connectivity index (χ1) is 9.95. The van der Waals surface area contributed by atoms with Gasteiger partial charge in [0.1, 0.15) is 0 Å². The molecule has 1 aliphatic rings. The van der Waals surface area contributed by atoms with Crippen LogP contribution < -0.4 is 0 Å². The molecule has 0 spiro atoms. The van der Waals surface area contributed by atoms with Gasteiger partial charge >= 0.3 is 0 Å². The van der Waals surface area contributed by atoms with Gasteiger partial charge in [-0.1, -0.05) is 29.3 Å². The topological polar surface area (TPSA) is 40.6 Å². The summed E-state index contributed by atoms with van der Waals surface area (Å²) in [4.78, 5) is 2.38. The van der Waals surface area contributed by atoms with Crippen molar-refractivity contribution in [1.82, 2.24) is 9.21 Å². The van der Waals surface area contributed by atoms with E-state index in [0.29, 0.717) is 24.7 Å². The quantitative estimate of drug-likeness (QED) is 0.785. The molecule has 0 amide bonds. The highest BCUT2D eigenvalue weighted by Crippen LogP contribution is 2.27. The first kappa shape index (κ1) is 16.8. The molecule has 0 aliphatic carbocycles. The summed E-state index contributed by atoms with van der Waals surface area (Å²) in [7, 11) is -3.53. The summed E-state index contributed by atoms with van der Waals surface area (Å²) < 4.78 is 26.8. The number of nitrogens with zero attached hydrogens (tertiary/aromatic N) is 2. The second-order valence-electron chi connectivity index (χ2n) is 4.92. The minimum Gasteiger partial charge on any atom is -0.298 e. The Kier molecular flexibility index (Phi) is 5.68. The van der Waals surface area contributed by atoms with Gasteiger partial charge in [0.05, 0.1) is 14.9 Å². The smallest absolute Gasteiger partial charge is 0.243 e. The van der Waals surface area contributed by atoms with Crippen LogP contribution in [0.1, 0.15) is 6.42 Å². The summed E-state index contributed by atoms with van der Waals surface area (Å²) in [5.74, 6) is 0. The maximum atomic E-state index is 12.7. The molecule has 1 heterocycles. The van der Waals surface area contributed by atoms with Crippen LogP contribution in [0.15, 0.2) is 35.7 Å². The molecule has 0 radical (unpaired) electrons. The Balaban J connectivity index is 2.19. The fraction of sp³-hybridized carbons (Fsp3) is 0.429. The average molecular weight is 349 g/mol. The van der Waals surface area contributed by atoms with E-state index >= 15 is 0 Å². The van der Waals surface area contributed by atoms with E-state index in [-0.39, 0.29) is 9.92 Å². The van der Waals surface area contributed by atoms with E-state index in [0.717, 1.165) is 19.5 Å². The lowest BCUT2D eigenvalue weighted by atomic mass is 10.4. The third-order valence-corrected chi connectivity index (χ3v) is 6.10. The number of hydrogen-bond acceptors (Lipinski definition) is 3. The highest BCUT2D eigenvalue weighted by Gasteiger charge is 2.27. The van der Waals surface area contributed by atoms with Crippen LogP contribution in [0.2, 0.25) is 10.0 Å². The van der Waals surface area contributed by atoms with Crippen LogP contribution in [0.5, 0.6) is 0 Å². The fourth-order valence-corrected chi connectivity index (χ4v) is 4.20. The Morgan fingerprint density at radius 2 is 1.90 bits per heavy atom. The number of hydrogen-bond donors (Lipinski definition) is 0. The summed E-state index contributed by atoms with van der Waals surface area (Å²) in [5, 5.41) is 0.601. The minimum atomic E-state index is -3.53. The van der Waals surface area contributed by atoms with Crippen LogP contribution >= 0.6 is 23.2 Å². The van der Waals surface area contributed by atoms with Crippen molar-refractivity contribution >= 4 is 33.2 Å². The van der Waals surface area contributed by atoms with Crippen molar-refractivity contribution < 1.29 is 8.42 Å². The zero-order chi connectivity index (χ0) is 15.5. The minimum absolute atomic E-state index is 0.189. The molecule has 2 rings (SSSR count). The standard InChI is InChI=1S/C14H18Cl2N2O2S/c1-2-6-17-7-3-8-18(10-9-17)21(19,20)12-4-5-13(15)14(16)11-12/h2,4-5,11H,1,3,6-10H2. The van der Waals surface area contributed by atoms with Crippen LogP contribution in [0.25, 0.3) is 0 Å². The van der Waals surface area contributed by atoms with Crippen LogP contribution in [0.3, 0.4) is 0 Å². The number of halogens is 2. The molecule has 0 saturated carbocycles. The predicted octanol–water partition coefficient (Wildman–Crippen LogP) is 2.88. The molecule has 1 aromatic rings. The first-order valence-electron chi connectivity index (χ1n) is 6.73. The van der Waals surface area contributed by atoms with E-state index < -0.39 is 10.0 Å². The van der Waals surface area contributed by atoms with Crippen molar-refractivity contribution in [3.8, 4) is 0 Å². The second kappa shape index (κ2) is 7.11. The van der Waals surface area contributed by atoms with Crippen LogP contribution in [0.4, 0.5) is 0 Å². The van der Waals surface area contributed by atoms with Gasteiger partial charge in [-0.05, 0) is 31.2 Å². The van der Waals surface area contributed by atoms with Gasteiger partial charge in [-0.15, -0.1) is 6.58 Å². The molecular formula is C14H18Cl2N2O2S. The Bertz CT molecular complexity index is 619. The summed E-state index contributed by atoms with van der Waals surface area (Å²) in [5.41, 5.74) is 0. The van der Waals surface area contributed by atoms with Gasteiger partial charge in [0, 0.05) is 26.2 Å². The van der Waals surface area contributed by atoms with Crippen molar-refractivity contribution in [2.24, 2.45) is 0 Å². The van der Waals surface area contributed by atoms with E-state index in [2.05, 4.69) is 11.5 Å². The third kappa shape index (κ3) is 3.99. The van der Waals surface area contributed by atoms with Crippen molar-refractivity contribution in [1.29, 1.82) is 0 Å². The summed E-state index contributed by atoms with van der Waals surface area (Å²) in [6.45, 7) is 7.05. The zero-order valence-electron chi connectivity index (χ0n) is 11.6. The third-order valence-electron chi connectivity index (χ3n) is 3.46. The lowest BCUT2D eigenvalue weighted by Crippen LogP contribution is -2.35. The van der Waals surface area contributed by atoms with E-state index in [9.17, 15) is 8.42 Å². The molecule has 0 N–H and O–H groups in total. The van der Waals surface area contributed by atoms with Crippen LogP contribution in [-0.4, -0.2) is 50.3 Å². The average Bonchev–Trinajstić information content (AvgIpc) is 2.68. The number of rotatable bonds is 4. The van der Waals surface area contributed by atoms with Gasteiger partial charge in [-0.3, -0.25) is 4.90 Å². The maximum absolute atomic E-state index is 12.7. The van der Waals surface area contributed by atoms with Gasteiger partial charge < -0.3 is 0 Å². The largest absolute Gasteiger partial charge is 0.298 e. The summed E-state index contributed by atoms with van der Waals surface area (Å²) in [6.07, 6.45) is 2.64. The first-order valence-corrected chi connectivity index (χ1v) is 8.93. The number of benzene rings is 1. The Morgan fingerprint density at radius 1 is 1.14 bits per heavy atom.